The van der Waals surface area contributed by atoms with Crippen LogP contribution >= 0.6 is 0 Å². The Morgan fingerprint density at radius 2 is 2.15 bits per heavy atom. The van der Waals surface area contributed by atoms with Gasteiger partial charge in [0.1, 0.15) is 0 Å². The summed E-state index contributed by atoms with van der Waals surface area (Å²) in [6.45, 7) is 0. The number of nitrogens with zero attached hydrogens (tertiary/aromatic N) is 2. The van der Waals surface area contributed by atoms with Crippen LogP contribution in [0, 0.1) is 0 Å². The van der Waals surface area contributed by atoms with E-state index in [1.807, 2.05) is 6.07 Å². The molecule has 7 heteroatoms. The molecular formula is C13H16N4O3. The van der Waals surface area contributed by atoms with Crippen molar-refractivity contribution in [3.8, 4) is 0 Å². The van der Waals surface area contributed by atoms with Gasteiger partial charge < -0.3 is 15.4 Å². The first kappa shape index (κ1) is 12.7. The van der Waals surface area contributed by atoms with Gasteiger partial charge in [0.25, 0.3) is 0 Å². The molecule has 2 aromatic heterocycles. The van der Waals surface area contributed by atoms with Crippen LogP contribution in [0.2, 0.25) is 0 Å². The summed E-state index contributed by atoms with van der Waals surface area (Å²) in [5, 5.41) is 11.2. The molecule has 2 heterocycles. The highest BCUT2D eigenvalue weighted by molar-refractivity contribution is 5.73. The van der Waals surface area contributed by atoms with Crippen molar-refractivity contribution in [3.05, 3.63) is 28.9 Å². The van der Waals surface area contributed by atoms with Gasteiger partial charge in [-0.25, -0.2) is 9.59 Å². The Balaban J connectivity index is 1.82. The standard InChI is InChI=1S/C13H16N4O3/c18-12-16-10-7-14-6-5-11(10)17(12)9-3-1-8(2-4-9)15-13(19)20/h5-9,15H,1-4H2,(H,16,18)(H,19,20)/t8-,9-. The number of rotatable bonds is 2. The first-order valence-electron chi connectivity index (χ1n) is 6.69. The van der Waals surface area contributed by atoms with E-state index < -0.39 is 6.09 Å². The molecule has 1 saturated carbocycles. The number of imidazole rings is 1. The van der Waals surface area contributed by atoms with Gasteiger partial charge in [0.2, 0.25) is 0 Å². The summed E-state index contributed by atoms with van der Waals surface area (Å²) in [5.41, 5.74) is 1.48. The minimum atomic E-state index is -0.983. The molecule has 0 saturated heterocycles. The van der Waals surface area contributed by atoms with E-state index in [-0.39, 0.29) is 17.8 Å². The number of amides is 1. The fraction of sp³-hybridized carbons (Fsp3) is 0.462. The van der Waals surface area contributed by atoms with E-state index >= 15 is 0 Å². The summed E-state index contributed by atoms with van der Waals surface area (Å²) in [7, 11) is 0. The molecule has 0 aliphatic heterocycles. The van der Waals surface area contributed by atoms with E-state index in [4.69, 9.17) is 5.11 Å². The number of aromatic amines is 1. The zero-order valence-corrected chi connectivity index (χ0v) is 10.9. The van der Waals surface area contributed by atoms with E-state index in [1.54, 1.807) is 17.0 Å². The molecule has 20 heavy (non-hydrogen) atoms. The van der Waals surface area contributed by atoms with Gasteiger partial charge in [0.15, 0.2) is 0 Å². The highest BCUT2D eigenvalue weighted by Gasteiger charge is 2.25. The molecule has 0 atom stereocenters. The zero-order valence-electron chi connectivity index (χ0n) is 10.9. The van der Waals surface area contributed by atoms with Gasteiger partial charge in [-0.2, -0.15) is 0 Å². The first-order chi connectivity index (χ1) is 9.65. The highest BCUT2D eigenvalue weighted by atomic mass is 16.4. The van der Waals surface area contributed by atoms with Crippen molar-refractivity contribution >= 4 is 17.1 Å². The number of hydrogen-bond donors (Lipinski definition) is 3. The van der Waals surface area contributed by atoms with Crippen molar-refractivity contribution in [1.82, 2.24) is 19.9 Å². The number of nitrogens with one attached hydrogen (secondary N) is 2. The Kier molecular flexibility index (Phi) is 3.17. The molecule has 0 spiro atoms. The largest absolute Gasteiger partial charge is 0.465 e. The van der Waals surface area contributed by atoms with Gasteiger partial charge in [0, 0.05) is 18.3 Å². The fourth-order valence-electron chi connectivity index (χ4n) is 2.99. The zero-order chi connectivity index (χ0) is 14.1. The van der Waals surface area contributed by atoms with Crippen LogP contribution in [0.15, 0.2) is 23.3 Å². The minimum Gasteiger partial charge on any atom is -0.465 e. The van der Waals surface area contributed by atoms with Crippen molar-refractivity contribution < 1.29 is 9.90 Å². The van der Waals surface area contributed by atoms with Gasteiger partial charge in [-0.05, 0) is 31.7 Å². The van der Waals surface area contributed by atoms with Crippen LogP contribution in [-0.4, -0.2) is 31.8 Å². The monoisotopic (exact) mass is 276 g/mol. The van der Waals surface area contributed by atoms with E-state index in [1.165, 1.54) is 0 Å². The average Bonchev–Trinajstić information content (AvgIpc) is 2.75. The normalized spacial score (nSPS) is 22.8. The minimum absolute atomic E-state index is 0.00803. The molecule has 7 nitrogen and oxygen atoms in total. The van der Waals surface area contributed by atoms with E-state index in [0.29, 0.717) is 0 Å². The number of aromatic nitrogens is 3. The van der Waals surface area contributed by atoms with Crippen molar-refractivity contribution in [2.75, 3.05) is 0 Å². The molecule has 1 aliphatic rings. The Labute approximate surface area is 114 Å². The SMILES string of the molecule is O=C(O)N[C@H]1CC[C@H](n2c(=O)[nH]c3cnccc32)CC1. The molecule has 0 radical (unpaired) electrons. The maximum Gasteiger partial charge on any atom is 0.404 e. The van der Waals surface area contributed by atoms with Crippen LogP contribution < -0.4 is 11.0 Å². The molecular weight excluding hydrogens is 260 g/mol. The molecule has 3 N–H and O–H groups in total. The summed E-state index contributed by atoms with van der Waals surface area (Å²) < 4.78 is 1.77. The summed E-state index contributed by atoms with van der Waals surface area (Å²) >= 11 is 0. The third-order valence-electron chi connectivity index (χ3n) is 3.91. The lowest BCUT2D eigenvalue weighted by molar-refractivity contribution is 0.182. The van der Waals surface area contributed by atoms with Crippen LogP contribution in [0.4, 0.5) is 4.79 Å². The number of H-pyrrole nitrogens is 1. The predicted molar refractivity (Wildman–Crippen MR) is 72.8 cm³/mol. The summed E-state index contributed by atoms with van der Waals surface area (Å²) in [6, 6.07) is 1.94. The van der Waals surface area contributed by atoms with Crippen LogP contribution in [-0.2, 0) is 0 Å². The highest BCUT2D eigenvalue weighted by Crippen LogP contribution is 2.29. The molecule has 2 aromatic rings. The van der Waals surface area contributed by atoms with E-state index in [9.17, 15) is 9.59 Å². The maximum absolute atomic E-state index is 12.1. The smallest absolute Gasteiger partial charge is 0.404 e. The molecule has 1 aliphatic carbocycles. The predicted octanol–water partition coefficient (Wildman–Crippen LogP) is 1.48. The number of hydrogen-bond acceptors (Lipinski definition) is 3. The summed E-state index contributed by atoms with van der Waals surface area (Å²) in [4.78, 5) is 29.5. The third kappa shape index (κ3) is 2.26. The average molecular weight is 276 g/mol. The molecule has 3 rings (SSSR count). The molecule has 0 aromatic carbocycles. The second-order valence-electron chi connectivity index (χ2n) is 5.15. The van der Waals surface area contributed by atoms with Gasteiger partial charge in [-0.1, -0.05) is 0 Å². The second kappa shape index (κ2) is 4.99. The van der Waals surface area contributed by atoms with Gasteiger partial charge >= 0.3 is 11.8 Å². The van der Waals surface area contributed by atoms with Crippen molar-refractivity contribution in [2.45, 2.75) is 37.8 Å². The van der Waals surface area contributed by atoms with Crippen molar-refractivity contribution in [2.24, 2.45) is 0 Å². The van der Waals surface area contributed by atoms with E-state index in [0.717, 1.165) is 36.7 Å². The maximum atomic E-state index is 12.1. The Bertz CT molecular complexity index is 682. The Morgan fingerprint density at radius 3 is 2.85 bits per heavy atom. The quantitative estimate of drug-likeness (QED) is 0.773. The van der Waals surface area contributed by atoms with Crippen LogP contribution in [0.3, 0.4) is 0 Å². The lowest BCUT2D eigenvalue weighted by atomic mass is 9.91. The van der Waals surface area contributed by atoms with Crippen LogP contribution in [0.5, 0.6) is 0 Å². The first-order valence-corrected chi connectivity index (χ1v) is 6.69. The lowest BCUT2D eigenvalue weighted by Crippen LogP contribution is -2.38. The molecule has 1 fully saturated rings. The Hall–Kier alpha value is -2.31. The van der Waals surface area contributed by atoms with Crippen molar-refractivity contribution in [3.63, 3.8) is 0 Å². The van der Waals surface area contributed by atoms with Gasteiger partial charge in [-0.15, -0.1) is 0 Å². The van der Waals surface area contributed by atoms with Crippen LogP contribution in [0.1, 0.15) is 31.7 Å². The van der Waals surface area contributed by atoms with Crippen LogP contribution in [0.25, 0.3) is 11.0 Å². The molecule has 106 valence electrons. The van der Waals surface area contributed by atoms with Gasteiger partial charge in [-0.3, -0.25) is 9.55 Å². The van der Waals surface area contributed by atoms with E-state index in [2.05, 4.69) is 15.3 Å². The molecule has 0 unspecified atom stereocenters. The lowest BCUT2D eigenvalue weighted by Gasteiger charge is -2.29. The van der Waals surface area contributed by atoms with Crippen molar-refractivity contribution in [1.29, 1.82) is 0 Å². The number of carboxylic acid groups (broad SMARTS) is 1. The molecule has 0 bridgehead atoms. The molecule has 1 amide bonds. The Morgan fingerprint density at radius 1 is 1.40 bits per heavy atom. The van der Waals surface area contributed by atoms with Gasteiger partial charge in [0.05, 0.1) is 17.2 Å². The number of carbonyl (C=O) groups is 1. The number of fused-ring (bicyclic) bond motifs is 1. The number of pyridine rings is 1. The summed E-state index contributed by atoms with van der Waals surface area (Å²) in [6.07, 6.45) is 5.42. The fourth-order valence-corrected chi connectivity index (χ4v) is 2.99. The second-order valence-corrected chi connectivity index (χ2v) is 5.15. The summed E-state index contributed by atoms with van der Waals surface area (Å²) in [5.74, 6) is 0. The topological polar surface area (TPSA) is 100 Å². The third-order valence-corrected chi connectivity index (χ3v) is 3.91.